The van der Waals surface area contributed by atoms with Crippen LogP contribution in [0.5, 0.6) is 0 Å². The van der Waals surface area contributed by atoms with Crippen molar-refractivity contribution in [1.29, 1.82) is 0 Å². The molecule has 0 aliphatic heterocycles. The van der Waals surface area contributed by atoms with Crippen LogP contribution in [-0.4, -0.2) is 21.2 Å². The second-order valence-corrected chi connectivity index (χ2v) is 7.92. The minimum atomic E-state index is -0.695. The van der Waals surface area contributed by atoms with E-state index in [-0.39, 0.29) is 11.5 Å². The molecule has 1 aliphatic carbocycles. The number of fused-ring (bicyclic) bond motifs is 2. The molecule has 2 N–H and O–H groups in total. The number of nitrogens with one attached hydrogen (secondary N) is 2. The van der Waals surface area contributed by atoms with Crippen LogP contribution in [0.15, 0.2) is 41.5 Å². The van der Waals surface area contributed by atoms with E-state index in [1.54, 1.807) is 24.4 Å². The van der Waals surface area contributed by atoms with Crippen LogP contribution in [0.4, 0.5) is 0 Å². The standard InChI is InChI=1S/C20H20N4O3S/c25-18(14-12-21-17-9-5-6-10-24(17)20(14)27)22-23-19(26)16-11-13-7-3-1-2-4-8-15(13)28-16/h5-6,9-12H,1-4,7-8H2,(H,22,25)(H,23,26). The molecule has 144 valence electrons. The smallest absolute Gasteiger partial charge is 0.268 e. The number of aromatic nitrogens is 2. The maximum Gasteiger partial charge on any atom is 0.279 e. The fourth-order valence-electron chi connectivity index (χ4n) is 3.38. The molecule has 1 aliphatic rings. The predicted molar refractivity (Wildman–Crippen MR) is 107 cm³/mol. The summed E-state index contributed by atoms with van der Waals surface area (Å²) in [5.74, 6) is -1.07. The Kier molecular flexibility index (Phi) is 5.21. The first-order valence-corrected chi connectivity index (χ1v) is 10.1. The molecule has 7 nitrogen and oxygen atoms in total. The molecular formula is C20H20N4O3S. The van der Waals surface area contributed by atoms with E-state index in [1.807, 2.05) is 6.07 Å². The van der Waals surface area contributed by atoms with Crippen molar-refractivity contribution in [2.75, 3.05) is 0 Å². The minimum absolute atomic E-state index is 0.137. The Labute approximate surface area is 165 Å². The number of carbonyl (C=O) groups is 2. The molecule has 0 fully saturated rings. The second-order valence-electron chi connectivity index (χ2n) is 6.79. The van der Waals surface area contributed by atoms with Crippen LogP contribution in [0.3, 0.4) is 0 Å². The highest BCUT2D eigenvalue weighted by Crippen LogP contribution is 2.28. The van der Waals surface area contributed by atoms with Crippen molar-refractivity contribution in [1.82, 2.24) is 20.2 Å². The molecule has 8 heteroatoms. The summed E-state index contributed by atoms with van der Waals surface area (Å²) >= 11 is 1.48. The SMILES string of the molecule is O=C(NNC(=O)c1cnc2ccccn2c1=O)c1cc2c(s1)CCCCCC2. The Morgan fingerprint density at radius 1 is 1.04 bits per heavy atom. The van der Waals surface area contributed by atoms with E-state index in [1.165, 1.54) is 45.2 Å². The lowest BCUT2D eigenvalue weighted by atomic mass is 10.00. The first kappa shape index (κ1) is 18.4. The van der Waals surface area contributed by atoms with Gasteiger partial charge in [-0.2, -0.15) is 0 Å². The topological polar surface area (TPSA) is 92.6 Å². The average Bonchev–Trinajstić information content (AvgIpc) is 3.08. The van der Waals surface area contributed by atoms with Gasteiger partial charge in [0.1, 0.15) is 11.2 Å². The van der Waals surface area contributed by atoms with Gasteiger partial charge in [0, 0.05) is 17.3 Å². The highest BCUT2D eigenvalue weighted by Gasteiger charge is 2.18. The Balaban J connectivity index is 1.46. The maximum atomic E-state index is 12.5. The highest BCUT2D eigenvalue weighted by atomic mass is 32.1. The number of aryl methyl sites for hydroxylation is 2. The maximum absolute atomic E-state index is 12.5. The molecule has 0 saturated carbocycles. The van der Waals surface area contributed by atoms with Gasteiger partial charge in [0.2, 0.25) is 0 Å². The number of thiophene rings is 1. The summed E-state index contributed by atoms with van der Waals surface area (Å²) in [4.78, 5) is 43.2. The van der Waals surface area contributed by atoms with Gasteiger partial charge in [-0.05, 0) is 49.4 Å². The molecule has 0 unspecified atom stereocenters. The predicted octanol–water partition coefficient (Wildman–Crippen LogP) is 2.49. The van der Waals surface area contributed by atoms with E-state index >= 15 is 0 Å². The van der Waals surface area contributed by atoms with E-state index in [9.17, 15) is 14.4 Å². The third-order valence-electron chi connectivity index (χ3n) is 4.87. The summed E-state index contributed by atoms with van der Waals surface area (Å²) in [5, 5.41) is 0. The molecular weight excluding hydrogens is 376 g/mol. The fourth-order valence-corrected chi connectivity index (χ4v) is 4.53. The van der Waals surface area contributed by atoms with Crippen LogP contribution in [0.25, 0.3) is 5.65 Å². The van der Waals surface area contributed by atoms with Gasteiger partial charge in [-0.1, -0.05) is 18.9 Å². The Morgan fingerprint density at radius 2 is 1.82 bits per heavy atom. The molecule has 0 spiro atoms. The number of pyridine rings is 1. The average molecular weight is 396 g/mol. The Morgan fingerprint density at radius 3 is 2.68 bits per heavy atom. The van der Waals surface area contributed by atoms with Gasteiger partial charge >= 0.3 is 0 Å². The van der Waals surface area contributed by atoms with Crippen molar-refractivity contribution in [2.24, 2.45) is 0 Å². The van der Waals surface area contributed by atoms with Gasteiger partial charge in [0.05, 0.1) is 4.88 Å². The third kappa shape index (κ3) is 3.68. The van der Waals surface area contributed by atoms with Crippen molar-refractivity contribution >= 4 is 28.8 Å². The van der Waals surface area contributed by atoms with Crippen molar-refractivity contribution in [3.05, 3.63) is 67.9 Å². The molecule has 0 bridgehead atoms. The Bertz CT molecular complexity index is 1080. The third-order valence-corrected chi connectivity index (χ3v) is 6.10. The monoisotopic (exact) mass is 396 g/mol. The molecule has 0 aromatic carbocycles. The zero-order chi connectivity index (χ0) is 19.5. The largest absolute Gasteiger partial charge is 0.279 e. The van der Waals surface area contributed by atoms with Gasteiger partial charge < -0.3 is 0 Å². The fraction of sp³-hybridized carbons (Fsp3) is 0.300. The zero-order valence-corrected chi connectivity index (χ0v) is 16.1. The van der Waals surface area contributed by atoms with Gasteiger partial charge in [-0.3, -0.25) is 29.6 Å². The number of rotatable bonds is 2. The lowest BCUT2D eigenvalue weighted by molar-refractivity contribution is 0.0847. The summed E-state index contributed by atoms with van der Waals surface area (Å²) in [5.41, 5.74) is 5.79. The van der Waals surface area contributed by atoms with Crippen molar-refractivity contribution in [3.63, 3.8) is 0 Å². The molecule has 0 radical (unpaired) electrons. The number of hydrogen-bond donors (Lipinski definition) is 2. The minimum Gasteiger partial charge on any atom is -0.268 e. The molecule has 0 atom stereocenters. The van der Waals surface area contributed by atoms with Crippen LogP contribution in [0, 0.1) is 0 Å². The van der Waals surface area contributed by atoms with E-state index < -0.39 is 11.5 Å². The van der Waals surface area contributed by atoms with E-state index in [0.29, 0.717) is 10.5 Å². The first-order chi connectivity index (χ1) is 13.6. The van der Waals surface area contributed by atoms with E-state index in [4.69, 9.17) is 0 Å². The van der Waals surface area contributed by atoms with Gasteiger partial charge in [-0.15, -0.1) is 11.3 Å². The van der Waals surface area contributed by atoms with Crippen LogP contribution >= 0.6 is 11.3 Å². The van der Waals surface area contributed by atoms with E-state index in [0.717, 1.165) is 25.7 Å². The van der Waals surface area contributed by atoms with Crippen molar-refractivity contribution < 1.29 is 9.59 Å². The number of hydrazine groups is 1. The van der Waals surface area contributed by atoms with E-state index in [2.05, 4.69) is 15.8 Å². The van der Waals surface area contributed by atoms with Crippen LogP contribution in [0.2, 0.25) is 0 Å². The molecule has 3 aromatic heterocycles. The highest BCUT2D eigenvalue weighted by molar-refractivity contribution is 7.14. The molecule has 2 amide bonds. The van der Waals surface area contributed by atoms with Crippen molar-refractivity contribution in [3.8, 4) is 0 Å². The molecule has 28 heavy (non-hydrogen) atoms. The van der Waals surface area contributed by atoms with Crippen molar-refractivity contribution in [2.45, 2.75) is 38.5 Å². The lowest BCUT2D eigenvalue weighted by Crippen LogP contribution is -2.43. The van der Waals surface area contributed by atoms with Gasteiger partial charge in [0.25, 0.3) is 17.4 Å². The lowest BCUT2D eigenvalue weighted by Gasteiger charge is -2.07. The summed E-state index contributed by atoms with van der Waals surface area (Å²) < 4.78 is 1.29. The molecule has 3 aromatic rings. The number of amides is 2. The normalized spacial score (nSPS) is 14.0. The summed E-state index contributed by atoms with van der Waals surface area (Å²) in [6.45, 7) is 0. The molecule has 3 heterocycles. The van der Waals surface area contributed by atoms with Crippen LogP contribution in [0.1, 0.15) is 56.2 Å². The van der Waals surface area contributed by atoms with Crippen LogP contribution < -0.4 is 16.4 Å². The van der Waals surface area contributed by atoms with Gasteiger partial charge in [0.15, 0.2) is 0 Å². The van der Waals surface area contributed by atoms with Gasteiger partial charge in [-0.25, -0.2) is 4.98 Å². The second kappa shape index (κ2) is 7.93. The number of carbonyl (C=O) groups excluding carboxylic acids is 2. The summed E-state index contributed by atoms with van der Waals surface area (Å²) in [7, 11) is 0. The van der Waals surface area contributed by atoms with Crippen LogP contribution in [-0.2, 0) is 12.8 Å². The quantitative estimate of drug-likeness (QED) is 0.651. The first-order valence-electron chi connectivity index (χ1n) is 9.32. The number of hydrogen-bond acceptors (Lipinski definition) is 5. The molecule has 4 rings (SSSR count). The zero-order valence-electron chi connectivity index (χ0n) is 15.2. The number of nitrogens with zero attached hydrogens (tertiary/aromatic N) is 2. The Hall–Kier alpha value is -3.00. The summed E-state index contributed by atoms with van der Waals surface area (Å²) in [6.07, 6.45) is 9.48. The molecule has 0 saturated heterocycles. The summed E-state index contributed by atoms with van der Waals surface area (Å²) in [6, 6.07) is 7.03.